The Morgan fingerprint density at radius 2 is 0.971 bits per heavy atom. The SMILES string of the molecule is OCOc1cccc(C=C(OC(=Cc2cccc(OCO)c2)c2ccccc2)c2ccccc2)c1. The molecule has 0 aliphatic heterocycles. The molecule has 0 unspecified atom stereocenters. The molecule has 0 fully saturated rings. The highest BCUT2D eigenvalue weighted by molar-refractivity contribution is 5.85. The summed E-state index contributed by atoms with van der Waals surface area (Å²) < 4.78 is 17.0. The minimum Gasteiger partial charge on any atom is -0.468 e. The van der Waals surface area contributed by atoms with Crippen molar-refractivity contribution in [2.24, 2.45) is 0 Å². The van der Waals surface area contributed by atoms with E-state index in [1.54, 1.807) is 12.1 Å². The first-order valence-electron chi connectivity index (χ1n) is 11.1. The van der Waals surface area contributed by atoms with E-state index in [9.17, 15) is 0 Å². The summed E-state index contributed by atoms with van der Waals surface area (Å²) in [6.07, 6.45) is 3.86. The third-order valence-corrected chi connectivity index (χ3v) is 5.11. The number of rotatable bonds is 10. The molecule has 0 radical (unpaired) electrons. The van der Waals surface area contributed by atoms with E-state index in [1.165, 1.54) is 0 Å². The summed E-state index contributed by atoms with van der Waals surface area (Å²) in [5.41, 5.74) is 3.53. The minimum atomic E-state index is -0.394. The summed E-state index contributed by atoms with van der Waals surface area (Å²) in [5.74, 6) is 2.41. The van der Waals surface area contributed by atoms with Crippen LogP contribution in [0.4, 0.5) is 0 Å². The van der Waals surface area contributed by atoms with Crippen molar-refractivity contribution in [1.29, 1.82) is 0 Å². The second-order valence-corrected chi connectivity index (χ2v) is 7.54. The molecule has 0 saturated carbocycles. The van der Waals surface area contributed by atoms with Crippen LogP contribution in [-0.4, -0.2) is 23.8 Å². The van der Waals surface area contributed by atoms with Gasteiger partial charge in [0.05, 0.1) is 0 Å². The lowest BCUT2D eigenvalue weighted by molar-refractivity contribution is 0.0981. The molecule has 0 aliphatic rings. The summed E-state index contributed by atoms with van der Waals surface area (Å²) in [6, 6.07) is 34.5. The Labute approximate surface area is 204 Å². The van der Waals surface area contributed by atoms with Crippen LogP contribution in [0.1, 0.15) is 22.3 Å². The first-order valence-corrected chi connectivity index (χ1v) is 11.1. The molecule has 0 bridgehead atoms. The van der Waals surface area contributed by atoms with E-state index in [4.69, 9.17) is 24.4 Å². The first kappa shape index (κ1) is 23.8. The predicted molar refractivity (Wildman–Crippen MR) is 138 cm³/mol. The fourth-order valence-corrected chi connectivity index (χ4v) is 3.51. The Kier molecular flexibility index (Phi) is 8.32. The highest BCUT2D eigenvalue weighted by Gasteiger charge is 2.11. The molecule has 2 N–H and O–H groups in total. The maximum atomic E-state index is 9.12. The van der Waals surface area contributed by atoms with E-state index in [2.05, 4.69) is 0 Å². The number of hydrogen-bond donors (Lipinski definition) is 2. The Morgan fingerprint density at radius 1 is 0.543 bits per heavy atom. The second-order valence-electron chi connectivity index (χ2n) is 7.54. The average Bonchev–Trinajstić information content (AvgIpc) is 2.90. The number of aliphatic hydroxyl groups excluding tert-OH is 2. The van der Waals surface area contributed by atoms with Crippen LogP contribution in [-0.2, 0) is 4.74 Å². The van der Waals surface area contributed by atoms with Crippen LogP contribution in [0.15, 0.2) is 109 Å². The van der Waals surface area contributed by atoms with Crippen molar-refractivity contribution in [3.63, 3.8) is 0 Å². The van der Waals surface area contributed by atoms with Gasteiger partial charge in [-0.1, -0.05) is 84.9 Å². The topological polar surface area (TPSA) is 68.2 Å². The standard InChI is InChI=1S/C30H26O5/c31-21-33-27-15-7-9-23(17-27)19-29(25-11-3-1-4-12-25)35-30(26-13-5-2-6-14-26)20-24-10-8-16-28(18-24)34-22-32/h1-20,31-32H,21-22H2. The molecule has 4 aromatic carbocycles. The summed E-state index contributed by atoms with van der Waals surface area (Å²) in [5, 5.41) is 18.2. The van der Waals surface area contributed by atoms with Crippen molar-refractivity contribution in [2.75, 3.05) is 13.6 Å². The van der Waals surface area contributed by atoms with Crippen molar-refractivity contribution in [3.05, 3.63) is 131 Å². The smallest absolute Gasteiger partial charge is 0.186 e. The quantitative estimate of drug-likeness (QED) is 0.169. The molecular weight excluding hydrogens is 440 g/mol. The molecule has 0 heterocycles. The molecule has 0 atom stereocenters. The van der Waals surface area contributed by atoms with Crippen molar-refractivity contribution < 1.29 is 24.4 Å². The lowest BCUT2D eigenvalue weighted by atomic mass is 10.1. The molecular formula is C30H26O5. The van der Waals surface area contributed by atoms with Gasteiger partial charge in [-0.3, -0.25) is 0 Å². The van der Waals surface area contributed by atoms with Gasteiger partial charge in [-0.05, 0) is 47.5 Å². The fourth-order valence-electron chi connectivity index (χ4n) is 3.51. The zero-order valence-electron chi connectivity index (χ0n) is 19.1. The summed E-state index contributed by atoms with van der Waals surface area (Å²) >= 11 is 0. The van der Waals surface area contributed by atoms with Gasteiger partial charge in [-0.15, -0.1) is 0 Å². The average molecular weight is 467 g/mol. The van der Waals surface area contributed by atoms with Crippen LogP contribution in [0.25, 0.3) is 23.7 Å². The van der Waals surface area contributed by atoms with E-state index in [-0.39, 0.29) is 0 Å². The zero-order chi connectivity index (χ0) is 24.3. The molecule has 0 amide bonds. The van der Waals surface area contributed by atoms with Crippen molar-refractivity contribution in [2.45, 2.75) is 0 Å². The summed E-state index contributed by atoms with van der Waals surface area (Å²) in [6.45, 7) is -0.787. The van der Waals surface area contributed by atoms with Gasteiger partial charge in [0.1, 0.15) is 23.0 Å². The summed E-state index contributed by atoms with van der Waals surface area (Å²) in [4.78, 5) is 0. The van der Waals surface area contributed by atoms with Gasteiger partial charge < -0.3 is 24.4 Å². The van der Waals surface area contributed by atoms with E-state index >= 15 is 0 Å². The fraction of sp³-hybridized carbons (Fsp3) is 0.0667. The van der Waals surface area contributed by atoms with Gasteiger partial charge in [0.2, 0.25) is 0 Å². The lowest BCUT2D eigenvalue weighted by Gasteiger charge is -2.15. The van der Waals surface area contributed by atoms with Crippen LogP contribution in [0.3, 0.4) is 0 Å². The van der Waals surface area contributed by atoms with Gasteiger partial charge in [-0.25, -0.2) is 0 Å². The van der Waals surface area contributed by atoms with E-state index in [0.29, 0.717) is 23.0 Å². The third-order valence-electron chi connectivity index (χ3n) is 5.11. The number of ether oxygens (including phenoxy) is 3. The molecule has 0 saturated heterocycles. The van der Waals surface area contributed by atoms with Crippen LogP contribution < -0.4 is 9.47 Å². The second kappa shape index (κ2) is 12.2. The van der Waals surface area contributed by atoms with Crippen molar-refractivity contribution in [3.8, 4) is 11.5 Å². The van der Waals surface area contributed by atoms with Crippen LogP contribution in [0, 0.1) is 0 Å². The summed E-state index contributed by atoms with van der Waals surface area (Å²) in [7, 11) is 0. The van der Waals surface area contributed by atoms with Gasteiger partial charge >= 0.3 is 0 Å². The largest absolute Gasteiger partial charge is 0.468 e. The maximum Gasteiger partial charge on any atom is 0.186 e. The molecule has 0 aliphatic carbocycles. The third kappa shape index (κ3) is 6.84. The highest BCUT2D eigenvalue weighted by atomic mass is 16.6. The van der Waals surface area contributed by atoms with Crippen molar-refractivity contribution in [1.82, 2.24) is 0 Å². The van der Waals surface area contributed by atoms with Gasteiger partial charge in [0, 0.05) is 11.1 Å². The first-order chi connectivity index (χ1) is 17.2. The predicted octanol–water partition coefficient (Wildman–Crippen LogP) is 6.06. The molecule has 5 nitrogen and oxygen atoms in total. The van der Waals surface area contributed by atoms with E-state index < -0.39 is 13.6 Å². The Bertz CT molecular complexity index is 1180. The monoisotopic (exact) mass is 466 g/mol. The molecule has 0 spiro atoms. The molecule has 4 rings (SSSR count). The molecule has 35 heavy (non-hydrogen) atoms. The number of hydrogen-bond acceptors (Lipinski definition) is 5. The van der Waals surface area contributed by atoms with Gasteiger partial charge in [-0.2, -0.15) is 0 Å². The van der Waals surface area contributed by atoms with E-state index in [1.807, 2.05) is 109 Å². The minimum absolute atomic E-state index is 0.394. The maximum absolute atomic E-state index is 9.12. The van der Waals surface area contributed by atoms with Crippen LogP contribution >= 0.6 is 0 Å². The zero-order valence-corrected chi connectivity index (χ0v) is 19.1. The molecule has 176 valence electrons. The Balaban J connectivity index is 1.78. The normalized spacial score (nSPS) is 11.7. The Morgan fingerprint density at radius 3 is 1.37 bits per heavy atom. The molecule has 5 heteroatoms. The lowest BCUT2D eigenvalue weighted by Crippen LogP contribution is -1.96. The van der Waals surface area contributed by atoms with E-state index in [0.717, 1.165) is 22.3 Å². The number of benzene rings is 4. The number of aliphatic hydroxyl groups is 2. The van der Waals surface area contributed by atoms with Crippen LogP contribution in [0.2, 0.25) is 0 Å². The van der Waals surface area contributed by atoms with Gasteiger partial charge in [0.15, 0.2) is 13.6 Å². The van der Waals surface area contributed by atoms with Gasteiger partial charge in [0.25, 0.3) is 0 Å². The highest BCUT2D eigenvalue weighted by Crippen LogP contribution is 2.30. The molecule has 4 aromatic rings. The van der Waals surface area contributed by atoms with Crippen molar-refractivity contribution >= 4 is 23.7 Å². The van der Waals surface area contributed by atoms with Crippen LogP contribution in [0.5, 0.6) is 11.5 Å². The Hall–Kier alpha value is -4.32. The molecule has 0 aromatic heterocycles.